The van der Waals surface area contributed by atoms with E-state index >= 15 is 0 Å². The second kappa shape index (κ2) is 4.83. The van der Waals surface area contributed by atoms with Crippen LogP contribution >= 0.6 is 15.9 Å². The van der Waals surface area contributed by atoms with Gasteiger partial charge in [0.2, 0.25) is 0 Å². The van der Waals surface area contributed by atoms with Gasteiger partial charge in [-0.15, -0.1) is 0 Å². The van der Waals surface area contributed by atoms with Crippen LogP contribution in [0.25, 0.3) is 0 Å². The molecule has 0 unspecified atom stereocenters. The van der Waals surface area contributed by atoms with Crippen molar-refractivity contribution in [2.45, 2.75) is 6.54 Å². The first-order chi connectivity index (χ1) is 9.58. The van der Waals surface area contributed by atoms with Crippen LogP contribution in [0.2, 0.25) is 0 Å². The number of benzene rings is 2. The van der Waals surface area contributed by atoms with Crippen LogP contribution in [0.1, 0.15) is 26.3 Å². The number of carbonyl (C=O) groups excluding carboxylic acids is 2. The summed E-state index contributed by atoms with van der Waals surface area (Å²) in [5, 5.41) is 0. The zero-order chi connectivity index (χ0) is 14.3. The summed E-state index contributed by atoms with van der Waals surface area (Å²) >= 11 is 3.09. The Hall–Kier alpha value is -2.01. The van der Waals surface area contributed by atoms with Gasteiger partial charge in [-0.2, -0.15) is 0 Å². The number of rotatable bonds is 2. The van der Waals surface area contributed by atoms with Crippen LogP contribution in [0.4, 0.5) is 4.39 Å². The van der Waals surface area contributed by atoms with Crippen molar-refractivity contribution in [2.75, 3.05) is 0 Å². The van der Waals surface area contributed by atoms with Gasteiger partial charge in [-0.05, 0) is 45.8 Å². The average molecular weight is 334 g/mol. The number of carbonyl (C=O) groups is 2. The Bertz CT molecular complexity index is 695. The molecule has 3 nitrogen and oxygen atoms in total. The van der Waals surface area contributed by atoms with E-state index in [-0.39, 0.29) is 24.2 Å². The Labute approximate surface area is 123 Å². The Balaban J connectivity index is 1.91. The molecule has 1 heterocycles. The average Bonchev–Trinajstić information content (AvgIpc) is 2.69. The minimum absolute atomic E-state index is 0.130. The number of halogens is 2. The van der Waals surface area contributed by atoms with Gasteiger partial charge in [0.25, 0.3) is 11.8 Å². The Morgan fingerprint density at radius 1 is 1.00 bits per heavy atom. The Morgan fingerprint density at radius 2 is 1.60 bits per heavy atom. The van der Waals surface area contributed by atoms with Gasteiger partial charge in [0.1, 0.15) is 5.82 Å². The first-order valence-corrected chi connectivity index (χ1v) is 6.76. The molecule has 1 aliphatic heterocycles. The fraction of sp³-hybridized carbons (Fsp3) is 0.0667. The molecule has 3 rings (SSSR count). The standard InChI is InChI=1S/C15H9BrFNO2/c16-12-7-9(5-6-13(12)17)8-18-14(19)10-3-1-2-4-11(10)15(18)20/h1-7H,8H2. The van der Waals surface area contributed by atoms with E-state index in [1.165, 1.54) is 11.0 Å². The van der Waals surface area contributed by atoms with Gasteiger partial charge >= 0.3 is 0 Å². The minimum atomic E-state index is -0.379. The summed E-state index contributed by atoms with van der Waals surface area (Å²) in [5.74, 6) is -1.01. The van der Waals surface area contributed by atoms with Crippen molar-refractivity contribution in [3.05, 3.63) is 69.4 Å². The summed E-state index contributed by atoms with van der Waals surface area (Å²) < 4.78 is 13.5. The van der Waals surface area contributed by atoms with Gasteiger partial charge < -0.3 is 0 Å². The quantitative estimate of drug-likeness (QED) is 0.790. The minimum Gasteiger partial charge on any atom is -0.270 e. The molecule has 0 fully saturated rings. The second-order valence-corrected chi connectivity index (χ2v) is 5.34. The van der Waals surface area contributed by atoms with E-state index in [2.05, 4.69) is 15.9 Å². The molecular formula is C15H9BrFNO2. The molecule has 0 saturated heterocycles. The highest BCUT2D eigenvalue weighted by Gasteiger charge is 2.34. The van der Waals surface area contributed by atoms with E-state index < -0.39 is 0 Å². The molecular weight excluding hydrogens is 325 g/mol. The van der Waals surface area contributed by atoms with E-state index in [1.807, 2.05) is 0 Å². The summed E-state index contributed by atoms with van der Waals surface area (Å²) in [4.78, 5) is 25.5. The highest BCUT2D eigenvalue weighted by molar-refractivity contribution is 9.10. The maximum atomic E-state index is 13.2. The summed E-state index contributed by atoms with van der Waals surface area (Å²) in [6.07, 6.45) is 0. The largest absolute Gasteiger partial charge is 0.270 e. The van der Waals surface area contributed by atoms with Gasteiger partial charge in [-0.1, -0.05) is 18.2 Å². The van der Waals surface area contributed by atoms with Crippen LogP contribution in [-0.4, -0.2) is 16.7 Å². The first-order valence-electron chi connectivity index (χ1n) is 5.97. The van der Waals surface area contributed by atoms with E-state index in [4.69, 9.17) is 0 Å². The van der Waals surface area contributed by atoms with Crippen molar-refractivity contribution < 1.29 is 14.0 Å². The molecule has 0 N–H and O–H groups in total. The predicted molar refractivity (Wildman–Crippen MR) is 74.7 cm³/mol. The Morgan fingerprint density at radius 3 is 2.15 bits per heavy atom. The first kappa shape index (κ1) is 13.0. The third-order valence-corrected chi connectivity index (χ3v) is 3.81. The zero-order valence-corrected chi connectivity index (χ0v) is 11.9. The van der Waals surface area contributed by atoms with E-state index in [1.54, 1.807) is 36.4 Å². The molecule has 0 saturated carbocycles. The summed E-state index contributed by atoms with van der Waals surface area (Å²) in [6, 6.07) is 11.1. The predicted octanol–water partition coefficient (Wildman–Crippen LogP) is 3.38. The normalized spacial score (nSPS) is 13.8. The summed E-state index contributed by atoms with van der Waals surface area (Å²) in [5.41, 5.74) is 1.52. The maximum absolute atomic E-state index is 13.2. The molecule has 20 heavy (non-hydrogen) atoms. The van der Waals surface area contributed by atoms with E-state index in [0.717, 1.165) is 0 Å². The summed E-state index contributed by atoms with van der Waals surface area (Å²) in [6.45, 7) is 0.130. The van der Waals surface area contributed by atoms with E-state index in [9.17, 15) is 14.0 Å². The number of nitrogens with zero attached hydrogens (tertiary/aromatic N) is 1. The topological polar surface area (TPSA) is 37.4 Å². The van der Waals surface area contributed by atoms with Crippen molar-refractivity contribution in [1.29, 1.82) is 0 Å². The van der Waals surface area contributed by atoms with Gasteiger partial charge in [0, 0.05) is 0 Å². The van der Waals surface area contributed by atoms with Crippen molar-refractivity contribution in [2.24, 2.45) is 0 Å². The molecule has 0 aliphatic carbocycles. The highest BCUT2D eigenvalue weighted by atomic mass is 79.9. The van der Waals surface area contributed by atoms with Crippen LogP contribution in [0.15, 0.2) is 46.9 Å². The molecule has 1 aliphatic rings. The second-order valence-electron chi connectivity index (χ2n) is 4.49. The fourth-order valence-electron chi connectivity index (χ4n) is 2.20. The molecule has 2 aromatic carbocycles. The molecule has 0 radical (unpaired) electrons. The van der Waals surface area contributed by atoms with Gasteiger partial charge in [0.05, 0.1) is 22.1 Å². The van der Waals surface area contributed by atoms with Crippen LogP contribution in [0.3, 0.4) is 0 Å². The van der Waals surface area contributed by atoms with Crippen LogP contribution in [-0.2, 0) is 6.54 Å². The monoisotopic (exact) mass is 333 g/mol. The highest BCUT2D eigenvalue weighted by Crippen LogP contribution is 2.25. The van der Waals surface area contributed by atoms with Crippen molar-refractivity contribution in [3.8, 4) is 0 Å². The lowest BCUT2D eigenvalue weighted by atomic mass is 10.1. The fourth-order valence-corrected chi connectivity index (χ4v) is 2.63. The molecule has 5 heteroatoms. The van der Waals surface area contributed by atoms with E-state index in [0.29, 0.717) is 21.2 Å². The van der Waals surface area contributed by atoms with Crippen molar-refractivity contribution >= 4 is 27.7 Å². The number of amides is 2. The van der Waals surface area contributed by atoms with Crippen molar-refractivity contribution in [3.63, 3.8) is 0 Å². The number of hydrogen-bond acceptors (Lipinski definition) is 2. The van der Waals surface area contributed by atoms with Crippen LogP contribution < -0.4 is 0 Å². The van der Waals surface area contributed by atoms with Crippen LogP contribution in [0, 0.1) is 5.82 Å². The summed E-state index contributed by atoms with van der Waals surface area (Å²) in [7, 11) is 0. The third kappa shape index (κ3) is 2.04. The van der Waals surface area contributed by atoms with Crippen LogP contribution in [0.5, 0.6) is 0 Å². The number of imide groups is 1. The maximum Gasteiger partial charge on any atom is 0.261 e. The lowest BCUT2D eigenvalue weighted by molar-refractivity contribution is 0.0642. The van der Waals surface area contributed by atoms with Gasteiger partial charge in [-0.25, -0.2) is 4.39 Å². The molecule has 0 spiro atoms. The molecule has 0 bridgehead atoms. The molecule has 0 atom stereocenters. The molecule has 100 valence electrons. The smallest absolute Gasteiger partial charge is 0.261 e. The number of hydrogen-bond donors (Lipinski definition) is 0. The number of fused-ring (bicyclic) bond motifs is 1. The van der Waals surface area contributed by atoms with Gasteiger partial charge in [-0.3, -0.25) is 14.5 Å². The lowest BCUT2D eigenvalue weighted by Crippen LogP contribution is -2.29. The third-order valence-electron chi connectivity index (χ3n) is 3.20. The lowest BCUT2D eigenvalue weighted by Gasteiger charge is -2.14. The zero-order valence-electron chi connectivity index (χ0n) is 10.3. The molecule has 2 amide bonds. The van der Waals surface area contributed by atoms with Gasteiger partial charge in [0.15, 0.2) is 0 Å². The molecule has 2 aromatic rings. The SMILES string of the molecule is O=C1c2ccccc2C(=O)N1Cc1ccc(F)c(Br)c1. The Kier molecular flexibility index (Phi) is 3.14. The van der Waals surface area contributed by atoms with Crippen molar-refractivity contribution in [1.82, 2.24) is 4.90 Å². The molecule has 0 aromatic heterocycles.